The van der Waals surface area contributed by atoms with Crippen molar-refractivity contribution in [3.05, 3.63) is 432 Å². The minimum Gasteiger partial charge on any atom is -1.00 e. The first-order chi connectivity index (χ1) is 60.1. The summed E-state index contributed by atoms with van der Waals surface area (Å²) in [6, 6.07) is 92.5. The van der Waals surface area contributed by atoms with Gasteiger partial charge in [0.15, 0.2) is 37.2 Å². The molecule has 10 radical (unpaired) electrons. The number of carbonyl (C=O) groups is 3. The number of nitrogens with one attached hydrogen (secondary N) is 8. The molecule has 0 atom stereocenters. The number of hydrogen-bond donors (Lipinski definition) is 9. The molecule has 0 bridgehead atoms. The smallest absolute Gasteiger partial charge is 0.269 e. The number of nitrogens with two attached hydrogens (primary N) is 1. The Bertz CT molecular complexity index is 5990. The zero-order chi connectivity index (χ0) is 87.8. The molecule has 0 spiro atoms. The maximum atomic E-state index is 12.7. The zero-order valence-corrected chi connectivity index (χ0v) is 72.2. The molecule has 16 rings (SSSR count). The number of nitro benzene ring substituents is 2. The molecule has 0 unspecified atom stereocenters. The predicted molar refractivity (Wildman–Crippen MR) is 505 cm³/mol. The number of para-hydroxylation sites is 1. The van der Waals surface area contributed by atoms with E-state index < -0.39 is 16.2 Å². The van der Waals surface area contributed by atoms with Gasteiger partial charge in [0.25, 0.3) is 29.1 Å². The van der Waals surface area contributed by atoms with Crippen LogP contribution in [0.4, 0.5) is 91.0 Å². The van der Waals surface area contributed by atoms with Crippen molar-refractivity contribution in [3.8, 4) is 5.69 Å². The second-order valence-electron chi connectivity index (χ2n) is 27.3. The van der Waals surface area contributed by atoms with Crippen molar-refractivity contribution in [1.82, 2.24) is 19.9 Å². The Balaban J connectivity index is 0.000000243. The molecule has 0 saturated heterocycles. The van der Waals surface area contributed by atoms with Gasteiger partial charge in [0.1, 0.15) is 14.1 Å². The quantitative estimate of drug-likeness (QED) is 0.0115. The SMILES string of the molecule is C[n+]1ccc(Nc2ccc(C(=O)Nc3ccc(Nc4ccnc5ccccc45)cc3)cc2)cc1.Cc1ccc(C(=O)Nc2ccc(Nc3cc[n+](C)cc3)cc2)cc1.Cc1ccc(Nc2ccncc2)cc1.Nc1ccc([N+](=O)[O-])cc1.O=C(Nc1ccc(Nc2ccncc2)cc1)c1ccc([N+](=O)[O-])cc1.[B].[B][B]B([B])[B].[Cl-].[Cl-].[Cl-].c1cc[n+](-c2ccncc2)cc1. The molecule has 0 aliphatic rings. The highest BCUT2D eigenvalue weighted by Gasteiger charge is 2.13. The number of carbonyl (C=O) groups excluding carboxylic acids is 3. The van der Waals surface area contributed by atoms with Gasteiger partial charge in [0.2, 0.25) is 5.69 Å². The molecule has 0 fully saturated rings. The van der Waals surface area contributed by atoms with Gasteiger partial charge in [-0.1, -0.05) is 59.7 Å². The van der Waals surface area contributed by atoms with E-state index in [1.807, 2.05) is 290 Å². The van der Waals surface area contributed by atoms with Crippen LogP contribution in [-0.2, 0) is 14.1 Å². The molecular formula is C94H85B6Cl3N18O7. The Labute approximate surface area is 768 Å². The monoisotopic (exact) mass is 1750 g/mol. The Hall–Kier alpha value is -15.4. The fourth-order valence-electron chi connectivity index (χ4n) is 11.1. The van der Waals surface area contributed by atoms with Gasteiger partial charge in [0.05, 0.1) is 26.7 Å². The van der Waals surface area contributed by atoms with E-state index in [0.29, 0.717) is 28.1 Å². The van der Waals surface area contributed by atoms with Crippen LogP contribution in [0.5, 0.6) is 0 Å². The van der Waals surface area contributed by atoms with Crippen LogP contribution in [0.1, 0.15) is 42.2 Å². The Morgan fingerprint density at radius 3 is 1.04 bits per heavy atom. The molecule has 9 aromatic carbocycles. The average Bonchev–Trinajstić information content (AvgIpc) is 0.817. The first-order valence-corrected chi connectivity index (χ1v) is 38.7. The van der Waals surface area contributed by atoms with Crippen molar-refractivity contribution < 1.29 is 75.2 Å². The third-order valence-electron chi connectivity index (χ3n) is 17.7. The Kier molecular flexibility index (Phi) is 42.4. The molecule has 7 heterocycles. The number of aromatic nitrogens is 7. The molecule has 632 valence electrons. The molecule has 10 N–H and O–H groups in total. The Morgan fingerprint density at radius 1 is 0.367 bits per heavy atom. The highest BCUT2D eigenvalue weighted by molar-refractivity contribution is 7.60. The highest BCUT2D eigenvalue weighted by atomic mass is 35.5. The van der Waals surface area contributed by atoms with Crippen LogP contribution >= 0.6 is 0 Å². The van der Waals surface area contributed by atoms with Crippen molar-refractivity contribution in [2.75, 3.05) is 48.3 Å². The Morgan fingerprint density at radius 2 is 0.664 bits per heavy atom. The number of fused-ring (bicyclic) bond motifs is 1. The number of nitrogen functional groups attached to an aromatic ring is 1. The summed E-state index contributed by atoms with van der Waals surface area (Å²) in [7, 11) is 19.8. The molecule has 0 saturated carbocycles. The molecule has 3 amide bonds. The van der Waals surface area contributed by atoms with Gasteiger partial charge in [-0.3, -0.25) is 54.5 Å². The number of hydrogen-bond acceptors (Lipinski definition) is 17. The molecule has 0 aliphatic heterocycles. The number of halogens is 3. The van der Waals surface area contributed by atoms with Crippen molar-refractivity contribution in [1.29, 1.82) is 0 Å². The molecule has 128 heavy (non-hydrogen) atoms. The largest absolute Gasteiger partial charge is 1.00 e. The van der Waals surface area contributed by atoms with Gasteiger partial charge in [-0.2, -0.15) is 4.57 Å². The standard InChI is InChI=1S/C28H23N5O.C20H19N3O.C18H14N4O3.C12H12N2.C10H9N2.C6H6N2O2.B5.B.3ClH/c1-33-18-15-24(16-19-33)30-21-8-6-20(7-9-21)28(34)32-23-12-10-22(11-13-23)31-27-14-17-29-26-5-3-2-4-25(26)27;1-15-3-5-16(6-4-15)20(24)22-18-9-7-17(8-10-18)21-19-11-13-23(2)14-12-19;23-18(13-1-7-17(8-2-13)22(24)25)21-15-5-3-14(4-6-15)20-16-9-11-19-12-10-16;1-10-2-4-11(5-3-10)14-12-6-8-13-9-7-12;1-2-8-12(9-3-1)10-4-6-11-7-5-10;7-5-1-3-6(4-2-5)8(9)10;1-4-5(2)3;;;;/h2-19H,1H3,(H2,29,31,32,34);3-14H,1-2H3,(H,22,24);1-12H,(H,19,20)(H,21,23);2-9H,1H3,(H,13,14);1-9H;1-4H,7H2;;;3*1H/q;;;;+1;;;;;;/p-1. The van der Waals surface area contributed by atoms with Crippen molar-refractivity contribution in [3.63, 3.8) is 0 Å². The van der Waals surface area contributed by atoms with Crippen LogP contribution in [0.2, 0.25) is 0 Å². The van der Waals surface area contributed by atoms with Crippen LogP contribution in [0.25, 0.3) is 16.6 Å². The highest BCUT2D eigenvalue weighted by Crippen LogP contribution is 2.28. The van der Waals surface area contributed by atoms with E-state index in [4.69, 9.17) is 28.9 Å². The number of anilines is 14. The zero-order valence-electron chi connectivity index (χ0n) is 69.9. The summed E-state index contributed by atoms with van der Waals surface area (Å²) in [4.78, 5) is 73.1. The van der Waals surface area contributed by atoms with Gasteiger partial charge in [-0.25, -0.2) is 9.13 Å². The van der Waals surface area contributed by atoms with Gasteiger partial charge in [-0.05, 0) is 196 Å². The minimum atomic E-state index is -0.504. The van der Waals surface area contributed by atoms with E-state index in [2.05, 4.69) is 93.7 Å². The number of amides is 3. The average molecular weight is 1750 g/mol. The number of nitro groups is 2. The topological polar surface area (TPSA) is 323 Å². The summed E-state index contributed by atoms with van der Waals surface area (Å²) in [6.07, 6.45) is 23.8. The summed E-state index contributed by atoms with van der Waals surface area (Å²) < 4.78 is 6.00. The number of pyridine rings is 7. The van der Waals surface area contributed by atoms with Gasteiger partial charge in [-0.15, -0.1) is 0 Å². The number of benzene rings is 9. The molecule has 16 aromatic rings. The lowest BCUT2D eigenvalue weighted by atomic mass is 8.97. The molecule has 25 nitrogen and oxygen atoms in total. The fourth-order valence-corrected chi connectivity index (χ4v) is 11.1. The van der Waals surface area contributed by atoms with Crippen molar-refractivity contribution >= 4 is 165 Å². The molecule has 7 aromatic heterocycles. The second-order valence-corrected chi connectivity index (χ2v) is 27.3. The summed E-state index contributed by atoms with van der Waals surface area (Å²) in [5.41, 5.74) is 23.8. The van der Waals surface area contributed by atoms with Crippen LogP contribution in [-0.4, -0.2) is 92.6 Å². The van der Waals surface area contributed by atoms with E-state index in [9.17, 15) is 34.6 Å². The van der Waals surface area contributed by atoms with E-state index in [-0.39, 0.29) is 74.7 Å². The first kappa shape index (κ1) is 101. The minimum absolute atomic E-state index is 0. The first-order valence-electron chi connectivity index (χ1n) is 38.7. The normalized spacial score (nSPS) is 9.66. The maximum absolute atomic E-state index is 12.7. The summed E-state index contributed by atoms with van der Waals surface area (Å²) in [5.74, 6) is -0.588. The van der Waals surface area contributed by atoms with Crippen LogP contribution in [0.3, 0.4) is 0 Å². The van der Waals surface area contributed by atoms with Crippen molar-refractivity contribution in [2.45, 2.75) is 13.8 Å². The summed E-state index contributed by atoms with van der Waals surface area (Å²) >= 11 is 0. The third kappa shape index (κ3) is 34.7. The lowest BCUT2D eigenvalue weighted by Crippen LogP contribution is -3.00. The molecular weight excluding hydrogens is 1660 g/mol. The number of non-ortho nitro benzene ring substituents is 2. The predicted octanol–water partition coefficient (Wildman–Crippen LogP) is 8.00. The fraction of sp³-hybridized carbons (Fsp3) is 0.0426. The lowest BCUT2D eigenvalue weighted by molar-refractivity contribution is -0.671. The van der Waals surface area contributed by atoms with Gasteiger partial charge >= 0.3 is 0 Å². The van der Waals surface area contributed by atoms with Gasteiger partial charge in [0, 0.05) is 252 Å². The van der Waals surface area contributed by atoms with E-state index in [1.54, 1.807) is 55.5 Å². The number of nitrogens with zero attached hydrogens (tertiary/aromatic N) is 9. The summed E-state index contributed by atoms with van der Waals surface area (Å²) in [6.45, 7) is 4.08. The molecule has 34 heteroatoms. The van der Waals surface area contributed by atoms with Gasteiger partial charge < -0.3 is 85.5 Å². The number of aryl methyl sites for hydroxylation is 4. The number of rotatable bonds is 20. The summed E-state index contributed by atoms with van der Waals surface area (Å²) in [5, 5.41) is 47.0. The van der Waals surface area contributed by atoms with Crippen LogP contribution in [0, 0.1) is 34.1 Å². The van der Waals surface area contributed by atoms with E-state index >= 15 is 0 Å². The maximum Gasteiger partial charge on any atom is 0.269 e. The van der Waals surface area contributed by atoms with Crippen molar-refractivity contribution in [2.24, 2.45) is 14.1 Å². The third-order valence-corrected chi connectivity index (χ3v) is 17.7. The second kappa shape index (κ2) is 53.6. The van der Waals surface area contributed by atoms with Crippen LogP contribution < -0.4 is 99.2 Å². The molecule has 0 aliphatic carbocycles. The van der Waals surface area contributed by atoms with E-state index in [0.717, 1.165) is 90.4 Å². The van der Waals surface area contributed by atoms with E-state index in [1.165, 1.54) is 61.2 Å². The lowest BCUT2D eigenvalue weighted by Gasteiger charge is -2.11. The van der Waals surface area contributed by atoms with Crippen LogP contribution in [0.15, 0.2) is 384 Å².